The molecule has 4 fully saturated rings. The third-order valence-corrected chi connectivity index (χ3v) is 18.7. The Kier molecular flexibility index (Phi) is 14.1. The van der Waals surface area contributed by atoms with Crippen molar-refractivity contribution >= 4 is 0 Å². The summed E-state index contributed by atoms with van der Waals surface area (Å²) < 4.78 is 0. The molecule has 6 aromatic carbocycles. The number of benzene rings is 6. The summed E-state index contributed by atoms with van der Waals surface area (Å²) in [7, 11) is 0. The fourth-order valence-corrected chi connectivity index (χ4v) is 14.2. The maximum absolute atomic E-state index is 12.4. The van der Waals surface area contributed by atoms with Crippen LogP contribution in [0.25, 0.3) is 0 Å². The van der Waals surface area contributed by atoms with E-state index in [1.165, 1.54) is 17.5 Å². The molecule has 4 atom stereocenters. The van der Waals surface area contributed by atoms with Gasteiger partial charge in [-0.2, -0.15) is 0 Å². The normalized spacial score (nSPS) is 22.9. The van der Waals surface area contributed by atoms with Gasteiger partial charge in [-0.05, 0) is 215 Å². The molecule has 0 aromatic heterocycles. The van der Waals surface area contributed by atoms with Crippen LogP contribution in [0, 0.1) is 25.7 Å². The Labute approximate surface area is 429 Å². The highest BCUT2D eigenvalue weighted by Gasteiger charge is 2.59. The second kappa shape index (κ2) is 19.9. The van der Waals surface area contributed by atoms with E-state index in [4.69, 9.17) is 0 Å². The maximum Gasteiger partial charge on any atom is 0.122 e. The lowest BCUT2D eigenvalue weighted by Crippen LogP contribution is -2.56. The van der Waals surface area contributed by atoms with Gasteiger partial charge in [-0.1, -0.05) is 128 Å². The number of aryl methyl sites for hydroxylation is 2. The summed E-state index contributed by atoms with van der Waals surface area (Å²) in [6.45, 7) is 21.2. The van der Waals surface area contributed by atoms with Crippen molar-refractivity contribution in [1.29, 1.82) is 0 Å². The molecule has 10 rings (SSSR count). The predicted molar refractivity (Wildman–Crippen MR) is 293 cm³/mol. The molecule has 380 valence electrons. The van der Waals surface area contributed by atoms with Crippen LogP contribution in [0.1, 0.15) is 233 Å². The third kappa shape index (κ3) is 9.04. The van der Waals surface area contributed by atoms with E-state index < -0.39 is 0 Å². The van der Waals surface area contributed by atoms with Crippen LogP contribution < -0.4 is 0 Å². The summed E-state index contributed by atoms with van der Waals surface area (Å²) in [6, 6.07) is 33.0. The Bertz CT molecular complexity index is 2650. The van der Waals surface area contributed by atoms with Crippen molar-refractivity contribution in [1.82, 2.24) is 0 Å². The molecule has 4 saturated carbocycles. The number of hydrogen-bond donors (Lipinski definition) is 6. The summed E-state index contributed by atoms with van der Waals surface area (Å²) >= 11 is 0. The Hall–Kier alpha value is -5.88. The van der Waals surface area contributed by atoms with E-state index in [1.807, 2.05) is 62.4 Å². The zero-order chi connectivity index (χ0) is 51.6. The highest BCUT2D eigenvalue weighted by atomic mass is 16.3. The van der Waals surface area contributed by atoms with E-state index in [0.29, 0.717) is 11.8 Å². The maximum atomic E-state index is 12.4. The topological polar surface area (TPSA) is 121 Å². The van der Waals surface area contributed by atoms with Crippen molar-refractivity contribution in [3.63, 3.8) is 0 Å². The van der Waals surface area contributed by atoms with Gasteiger partial charge >= 0.3 is 0 Å². The van der Waals surface area contributed by atoms with Crippen LogP contribution in [0.4, 0.5) is 0 Å². The lowest BCUT2D eigenvalue weighted by Gasteiger charge is -2.63. The summed E-state index contributed by atoms with van der Waals surface area (Å²) in [5.41, 5.74) is 13.2. The Morgan fingerprint density at radius 2 is 0.681 bits per heavy atom. The largest absolute Gasteiger partial charge is 0.508 e. The molecule has 4 unspecified atom stereocenters. The minimum atomic E-state index is -0.362. The van der Waals surface area contributed by atoms with Crippen LogP contribution in [0.5, 0.6) is 34.5 Å². The molecule has 0 heterocycles. The number of phenols is 6. The third-order valence-electron chi connectivity index (χ3n) is 18.7. The van der Waals surface area contributed by atoms with Gasteiger partial charge in [0.05, 0.1) is 0 Å². The van der Waals surface area contributed by atoms with Gasteiger partial charge in [0, 0.05) is 23.0 Å². The standard InChI is InChI=1S/C66H80O6/c1-11-37(5)51-26-45(15-19-57(51)67)61(46-16-20-58(68)52(27-46)38(6)12-2)55-30-49(23-41(9)63(55)71)65-32-43-25-44(33-65)35-66(34-43,36-65)50-24-42(10)64(72)56(31-50)62(47-17-21-59(69)53(28-47)39(7)13-3)48-18-22-60(70)54(29-48)40(8)14-4/h15-24,26-31,37-40,43-44,61-62,67-72H,11-14,25,32-36H2,1-10H3. The van der Waals surface area contributed by atoms with Gasteiger partial charge in [-0.3, -0.25) is 0 Å². The van der Waals surface area contributed by atoms with E-state index in [-0.39, 0.29) is 80.8 Å². The van der Waals surface area contributed by atoms with Gasteiger partial charge in [0.2, 0.25) is 0 Å². The molecule has 72 heavy (non-hydrogen) atoms. The molecular formula is C66H80O6. The fraction of sp³-hybridized carbons (Fsp3) is 0.455. The van der Waals surface area contributed by atoms with Gasteiger partial charge in [-0.25, -0.2) is 0 Å². The first-order valence-corrected chi connectivity index (χ1v) is 27.3. The molecule has 6 N–H and O–H groups in total. The number of phenolic OH excluding ortho intramolecular Hbond substituents is 6. The van der Waals surface area contributed by atoms with Crippen LogP contribution in [0.2, 0.25) is 0 Å². The SMILES string of the molecule is CCC(C)c1cc(C(c2ccc(O)c(C(C)CC)c2)c2cc(C34CC5CC(C3)CC(c3cc(C)c(O)c(C(c6ccc(O)c(C(C)CC)c6)c6ccc(O)c(C(C)CC)c6)c3)(C5)C4)cc(C)c2O)ccc1O. The van der Waals surface area contributed by atoms with E-state index in [9.17, 15) is 30.6 Å². The first-order chi connectivity index (χ1) is 34.3. The number of hydrogen-bond acceptors (Lipinski definition) is 6. The summed E-state index contributed by atoms with van der Waals surface area (Å²) in [5.74, 6) is 2.53. The monoisotopic (exact) mass is 969 g/mol. The highest BCUT2D eigenvalue weighted by molar-refractivity contribution is 5.60. The average molecular weight is 969 g/mol. The minimum absolute atomic E-state index is 0.136. The fourth-order valence-electron chi connectivity index (χ4n) is 14.2. The van der Waals surface area contributed by atoms with Gasteiger partial charge in [-0.15, -0.1) is 0 Å². The Morgan fingerprint density at radius 1 is 0.403 bits per heavy atom. The van der Waals surface area contributed by atoms with E-state index in [0.717, 1.165) is 125 Å². The Morgan fingerprint density at radius 3 is 0.944 bits per heavy atom. The molecule has 0 radical (unpaired) electrons. The van der Waals surface area contributed by atoms with E-state index >= 15 is 0 Å². The lowest BCUT2D eigenvalue weighted by atomic mass is 9.41. The molecule has 0 amide bonds. The van der Waals surface area contributed by atoms with Crippen molar-refractivity contribution in [3.05, 3.63) is 175 Å². The molecule has 6 nitrogen and oxygen atoms in total. The van der Waals surface area contributed by atoms with Crippen LogP contribution in [0.15, 0.2) is 97.1 Å². The smallest absolute Gasteiger partial charge is 0.122 e. The Balaban J connectivity index is 1.20. The van der Waals surface area contributed by atoms with E-state index in [2.05, 4.69) is 104 Å². The molecule has 6 aromatic rings. The number of aromatic hydroxyl groups is 6. The molecule has 4 aliphatic carbocycles. The zero-order valence-electron chi connectivity index (χ0n) is 44.6. The summed E-state index contributed by atoms with van der Waals surface area (Å²) in [5, 5.41) is 69.6. The van der Waals surface area contributed by atoms with Crippen molar-refractivity contribution in [2.45, 2.75) is 180 Å². The second-order valence-electron chi connectivity index (χ2n) is 23.4. The van der Waals surface area contributed by atoms with Gasteiger partial charge in [0.25, 0.3) is 0 Å². The van der Waals surface area contributed by atoms with Crippen LogP contribution in [0.3, 0.4) is 0 Å². The lowest BCUT2D eigenvalue weighted by molar-refractivity contribution is -0.0282. The van der Waals surface area contributed by atoms with E-state index in [1.54, 1.807) is 0 Å². The van der Waals surface area contributed by atoms with Gasteiger partial charge in [0.1, 0.15) is 34.5 Å². The van der Waals surface area contributed by atoms with Gasteiger partial charge in [0.15, 0.2) is 0 Å². The first-order valence-electron chi connectivity index (χ1n) is 27.3. The zero-order valence-corrected chi connectivity index (χ0v) is 44.6. The quantitative estimate of drug-likeness (QED) is 0.0538. The van der Waals surface area contributed by atoms with Crippen molar-refractivity contribution in [2.75, 3.05) is 0 Å². The molecule has 0 aliphatic heterocycles. The number of rotatable bonds is 16. The van der Waals surface area contributed by atoms with Crippen LogP contribution >= 0.6 is 0 Å². The van der Waals surface area contributed by atoms with Gasteiger partial charge < -0.3 is 30.6 Å². The van der Waals surface area contributed by atoms with Crippen molar-refractivity contribution in [2.24, 2.45) is 11.8 Å². The molecule has 0 spiro atoms. The molecule has 6 heteroatoms. The highest BCUT2D eigenvalue weighted by Crippen LogP contribution is 2.67. The molecule has 4 bridgehead atoms. The van der Waals surface area contributed by atoms with Crippen LogP contribution in [-0.4, -0.2) is 30.6 Å². The summed E-state index contributed by atoms with van der Waals surface area (Å²) in [6.07, 6.45) is 9.99. The second-order valence-corrected chi connectivity index (χ2v) is 23.4. The first kappa shape index (κ1) is 51.0. The molecule has 0 saturated heterocycles. The van der Waals surface area contributed by atoms with Crippen molar-refractivity contribution in [3.8, 4) is 34.5 Å². The minimum Gasteiger partial charge on any atom is -0.508 e. The van der Waals surface area contributed by atoms with Crippen LogP contribution in [-0.2, 0) is 10.8 Å². The molecule has 4 aliphatic rings. The summed E-state index contributed by atoms with van der Waals surface area (Å²) in [4.78, 5) is 0. The molecular weight excluding hydrogens is 889 g/mol. The average Bonchev–Trinajstić information content (AvgIpc) is 3.36. The van der Waals surface area contributed by atoms with Crippen molar-refractivity contribution < 1.29 is 30.6 Å². The predicted octanol–water partition coefficient (Wildman–Crippen LogP) is 16.7.